The van der Waals surface area contributed by atoms with Gasteiger partial charge in [-0.2, -0.15) is 0 Å². The molecular formula is C16H22N2. The van der Waals surface area contributed by atoms with Crippen molar-refractivity contribution in [1.82, 2.24) is 10.3 Å². The monoisotopic (exact) mass is 242 g/mol. The first-order valence-electron chi connectivity index (χ1n) is 6.80. The van der Waals surface area contributed by atoms with E-state index in [9.17, 15) is 0 Å². The minimum atomic E-state index is 0.413. The average Bonchev–Trinajstić information content (AvgIpc) is 2.38. The predicted octanol–water partition coefficient (Wildman–Crippen LogP) is 3.93. The van der Waals surface area contributed by atoms with Crippen molar-refractivity contribution in [2.45, 2.75) is 33.2 Å². The summed E-state index contributed by atoms with van der Waals surface area (Å²) < 4.78 is 0. The summed E-state index contributed by atoms with van der Waals surface area (Å²) >= 11 is 0. The summed E-state index contributed by atoms with van der Waals surface area (Å²) in [6.07, 6.45) is 3.02. The Bertz CT molecular complexity index is 505. The quantitative estimate of drug-likeness (QED) is 0.859. The minimum absolute atomic E-state index is 0.413. The van der Waals surface area contributed by atoms with Crippen molar-refractivity contribution in [3.63, 3.8) is 0 Å². The van der Waals surface area contributed by atoms with Gasteiger partial charge in [-0.3, -0.25) is 4.98 Å². The van der Waals surface area contributed by atoms with E-state index in [1.165, 1.54) is 10.9 Å². The minimum Gasteiger partial charge on any atom is -0.310 e. The predicted molar refractivity (Wildman–Crippen MR) is 77.6 cm³/mol. The Labute approximate surface area is 109 Å². The van der Waals surface area contributed by atoms with Gasteiger partial charge in [0.15, 0.2) is 0 Å². The van der Waals surface area contributed by atoms with Crippen LogP contribution in [-0.2, 0) is 0 Å². The number of nitrogens with one attached hydrogen (secondary N) is 1. The van der Waals surface area contributed by atoms with E-state index in [0.29, 0.717) is 12.0 Å². The molecule has 0 saturated carbocycles. The summed E-state index contributed by atoms with van der Waals surface area (Å²) in [7, 11) is 0. The summed E-state index contributed by atoms with van der Waals surface area (Å²) in [6.45, 7) is 7.78. The van der Waals surface area contributed by atoms with Crippen molar-refractivity contribution < 1.29 is 0 Å². The Morgan fingerprint density at radius 2 is 2.06 bits per heavy atom. The van der Waals surface area contributed by atoms with Crippen molar-refractivity contribution in [2.24, 2.45) is 5.92 Å². The van der Waals surface area contributed by atoms with Gasteiger partial charge in [0.1, 0.15) is 0 Å². The molecule has 0 radical (unpaired) electrons. The maximum absolute atomic E-state index is 4.44. The van der Waals surface area contributed by atoms with Crippen LogP contribution in [0.4, 0.5) is 0 Å². The fourth-order valence-electron chi connectivity index (χ4n) is 2.32. The highest BCUT2D eigenvalue weighted by molar-refractivity contribution is 5.78. The van der Waals surface area contributed by atoms with Gasteiger partial charge in [0.05, 0.1) is 5.52 Å². The number of benzene rings is 1. The third kappa shape index (κ3) is 2.88. The smallest absolute Gasteiger partial charge is 0.0705 e. The standard InChI is InChI=1S/C16H22N2/c1-4-9-18-16(12(2)3)14-8-7-13-6-5-10-17-15(13)11-14/h5-8,10-12,16,18H,4,9H2,1-3H3. The van der Waals surface area contributed by atoms with Crippen LogP contribution in [0.3, 0.4) is 0 Å². The summed E-state index contributed by atoms with van der Waals surface area (Å²) in [4.78, 5) is 4.44. The highest BCUT2D eigenvalue weighted by Gasteiger charge is 2.15. The molecule has 0 aliphatic rings. The molecule has 1 aromatic carbocycles. The maximum Gasteiger partial charge on any atom is 0.0705 e. The number of hydrogen-bond acceptors (Lipinski definition) is 2. The zero-order valence-electron chi connectivity index (χ0n) is 11.5. The lowest BCUT2D eigenvalue weighted by molar-refractivity contribution is 0.413. The van der Waals surface area contributed by atoms with Crippen LogP contribution in [0.1, 0.15) is 38.8 Å². The lowest BCUT2D eigenvalue weighted by atomic mass is 9.95. The molecule has 0 spiro atoms. The molecule has 1 atom stereocenters. The van der Waals surface area contributed by atoms with Crippen LogP contribution >= 0.6 is 0 Å². The highest BCUT2D eigenvalue weighted by atomic mass is 14.9. The number of nitrogens with zero attached hydrogens (tertiary/aromatic N) is 1. The van der Waals surface area contributed by atoms with Gasteiger partial charge in [0, 0.05) is 17.6 Å². The molecule has 2 heteroatoms. The summed E-state index contributed by atoms with van der Waals surface area (Å²) in [6, 6.07) is 11.1. The van der Waals surface area contributed by atoms with E-state index in [2.05, 4.69) is 55.3 Å². The Hall–Kier alpha value is -1.41. The van der Waals surface area contributed by atoms with E-state index >= 15 is 0 Å². The molecule has 0 fully saturated rings. The topological polar surface area (TPSA) is 24.9 Å². The third-order valence-corrected chi connectivity index (χ3v) is 3.27. The van der Waals surface area contributed by atoms with Crippen molar-refractivity contribution in [1.29, 1.82) is 0 Å². The first kappa shape index (κ1) is 13.0. The fourth-order valence-corrected chi connectivity index (χ4v) is 2.32. The second-order valence-electron chi connectivity index (χ2n) is 5.13. The Balaban J connectivity index is 2.32. The van der Waals surface area contributed by atoms with Crippen LogP contribution < -0.4 is 5.32 Å². The van der Waals surface area contributed by atoms with Gasteiger partial charge >= 0.3 is 0 Å². The molecule has 1 N–H and O–H groups in total. The average molecular weight is 242 g/mol. The number of rotatable bonds is 5. The third-order valence-electron chi connectivity index (χ3n) is 3.27. The van der Waals surface area contributed by atoms with E-state index in [0.717, 1.165) is 18.5 Å². The number of aromatic nitrogens is 1. The van der Waals surface area contributed by atoms with E-state index in [-0.39, 0.29) is 0 Å². The highest BCUT2D eigenvalue weighted by Crippen LogP contribution is 2.24. The second kappa shape index (κ2) is 5.96. The van der Waals surface area contributed by atoms with Crippen molar-refractivity contribution in [3.8, 4) is 0 Å². The SMILES string of the molecule is CCCNC(c1ccc2cccnc2c1)C(C)C. The maximum atomic E-state index is 4.44. The van der Waals surface area contributed by atoms with Gasteiger partial charge < -0.3 is 5.32 Å². The van der Waals surface area contributed by atoms with Gasteiger partial charge in [-0.1, -0.05) is 39.0 Å². The van der Waals surface area contributed by atoms with E-state index in [1.807, 2.05) is 12.3 Å². The van der Waals surface area contributed by atoms with Crippen LogP contribution in [0.25, 0.3) is 10.9 Å². The molecule has 1 aromatic heterocycles. The molecule has 0 aliphatic carbocycles. The molecule has 1 unspecified atom stereocenters. The molecule has 0 aliphatic heterocycles. The molecule has 0 saturated heterocycles. The van der Waals surface area contributed by atoms with Gasteiger partial charge in [0.2, 0.25) is 0 Å². The van der Waals surface area contributed by atoms with E-state index in [1.54, 1.807) is 0 Å². The number of pyridine rings is 1. The molecule has 1 heterocycles. The normalized spacial score (nSPS) is 13.1. The Kier molecular flexibility index (Phi) is 4.32. The zero-order chi connectivity index (χ0) is 13.0. The molecule has 18 heavy (non-hydrogen) atoms. The molecule has 2 rings (SSSR count). The van der Waals surface area contributed by atoms with Crippen molar-refractivity contribution in [3.05, 3.63) is 42.1 Å². The summed E-state index contributed by atoms with van der Waals surface area (Å²) in [5.74, 6) is 0.581. The molecule has 2 nitrogen and oxygen atoms in total. The lowest BCUT2D eigenvalue weighted by Crippen LogP contribution is -2.26. The molecular weight excluding hydrogens is 220 g/mol. The van der Waals surface area contributed by atoms with Crippen LogP contribution in [0.5, 0.6) is 0 Å². The largest absolute Gasteiger partial charge is 0.310 e. The lowest BCUT2D eigenvalue weighted by Gasteiger charge is -2.23. The van der Waals surface area contributed by atoms with Crippen LogP contribution in [0.2, 0.25) is 0 Å². The van der Waals surface area contributed by atoms with Gasteiger partial charge in [-0.15, -0.1) is 0 Å². The summed E-state index contributed by atoms with van der Waals surface area (Å²) in [5.41, 5.74) is 2.42. The molecule has 0 bridgehead atoms. The second-order valence-corrected chi connectivity index (χ2v) is 5.13. The number of fused-ring (bicyclic) bond motifs is 1. The fraction of sp³-hybridized carbons (Fsp3) is 0.438. The molecule has 0 amide bonds. The Morgan fingerprint density at radius 3 is 2.78 bits per heavy atom. The zero-order valence-corrected chi connectivity index (χ0v) is 11.5. The van der Waals surface area contributed by atoms with Crippen LogP contribution in [0.15, 0.2) is 36.5 Å². The van der Waals surface area contributed by atoms with Gasteiger partial charge in [-0.25, -0.2) is 0 Å². The summed E-state index contributed by atoms with van der Waals surface area (Å²) in [5, 5.41) is 4.83. The number of hydrogen-bond donors (Lipinski definition) is 1. The van der Waals surface area contributed by atoms with Gasteiger partial charge in [0.25, 0.3) is 0 Å². The van der Waals surface area contributed by atoms with Crippen LogP contribution in [0, 0.1) is 5.92 Å². The molecule has 96 valence electrons. The van der Waals surface area contributed by atoms with E-state index in [4.69, 9.17) is 0 Å². The van der Waals surface area contributed by atoms with E-state index < -0.39 is 0 Å². The van der Waals surface area contributed by atoms with Crippen LogP contribution in [-0.4, -0.2) is 11.5 Å². The van der Waals surface area contributed by atoms with Crippen molar-refractivity contribution >= 4 is 10.9 Å². The Morgan fingerprint density at radius 1 is 1.22 bits per heavy atom. The van der Waals surface area contributed by atoms with Crippen molar-refractivity contribution in [2.75, 3.05) is 6.54 Å². The first-order valence-corrected chi connectivity index (χ1v) is 6.80. The van der Waals surface area contributed by atoms with Gasteiger partial charge in [-0.05, 0) is 36.6 Å². The molecule has 2 aromatic rings. The first-order chi connectivity index (χ1) is 8.72.